The van der Waals surface area contributed by atoms with E-state index in [-0.39, 0.29) is 5.91 Å². The quantitative estimate of drug-likeness (QED) is 0.0879. The van der Waals surface area contributed by atoms with Crippen molar-refractivity contribution >= 4 is 17.6 Å². The minimum atomic E-state index is -0.960. The topological polar surface area (TPSA) is 96.8 Å². The molecule has 0 aliphatic heterocycles. The first kappa shape index (κ1) is 43.0. The monoisotopic (exact) mass is 660 g/mol. The SMILES string of the molecule is C#C.CC.CC.CC/C(C)=C(\C(=O)NC(C)c1ccc(F)c(F)c1)C(=NCc1ccc(-c2ccn(C)c2C(N)=NC)cc1)NC=C(C)C. The lowest BCUT2D eigenvalue weighted by Crippen LogP contribution is -2.35. The van der Waals surface area contributed by atoms with Crippen LogP contribution in [0.4, 0.5) is 8.78 Å². The number of rotatable bonds is 10. The molecule has 9 heteroatoms. The van der Waals surface area contributed by atoms with Gasteiger partial charge in [-0.25, -0.2) is 8.78 Å². The van der Waals surface area contributed by atoms with Gasteiger partial charge in [0.15, 0.2) is 11.6 Å². The summed E-state index contributed by atoms with van der Waals surface area (Å²) in [5, 5.41) is 6.13. The fourth-order valence-electron chi connectivity index (χ4n) is 4.37. The molecule has 48 heavy (non-hydrogen) atoms. The lowest BCUT2D eigenvalue weighted by molar-refractivity contribution is -0.117. The van der Waals surface area contributed by atoms with Crippen molar-refractivity contribution < 1.29 is 13.6 Å². The molecule has 2 aromatic carbocycles. The predicted molar refractivity (Wildman–Crippen MR) is 200 cm³/mol. The van der Waals surface area contributed by atoms with Crippen molar-refractivity contribution in [2.75, 3.05) is 7.05 Å². The lowest BCUT2D eigenvalue weighted by atomic mass is 10.0. The Labute approximate surface area is 287 Å². The van der Waals surface area contributed by atoms with Gasteiger partial charge in [-0.3, -0.25) is 14.8 Å². The molecule has 1 aromatic heterocycles. The number of amides is 1. The van der Waals surface area contributed by atoms with Gasteiger partial charge < -0.3 is 20.9 Å². The van der Waals surface area contributed by atoms with E-state index in [2.05, 4.69) is 28.5 Å². The van der Waals surface area contributed by atoms with Gasteiger partial charge in [0.2, 0.25) is 0 Å². The third-order valence-corrected chi connectivity index (χ3v) is 6.95. The van der Waals surface area contributed by atoms with E-state index in [0.717, 1.165) is 45.7 Å². The zero-order valence-corrected chi connectivity index (χ0v) is 30.5. The van der Waals surface area contributed by atoms with Crippen molar-refractivity contribution in [2.24, 2.45) is 22.8 Å². The number of amidine groups is 2. The Bertz CT molecular complexity index is 1590. The Morgan fingerprint density at radius 3 is 2.12 bits per heavy atom. The van der Waals surface area contributed by atoms with Crippen LogP contribution in [-0.4, -0.2) is 29.2 Å². The number of nitrogens with two attached hydrogens (primary N) is 1. The first-order valence-corrected chi connectivity index (χ1v) is 16.2. The maximum Gasteiger partial charge on any atom is 0.255 e. The molecule has 0 fully saturated rings. The van der Waals surface area contributed by atoms with Crippen molar-refractivity contribution in [3.05, 3.63) is 106 Å². The summed E-state index contributed by atoms with van der Waals surface area (Å²) >= 11 is 0. The van der Waals surface area contributed by atoms with Gasteiger partial charge in [0.25, 0.3) is 5.91 Å². The van der Waals surface area contributed by atoms with Crippen LogP contribution in [0.5, 0.6) is 0 Å². The Hall–Kier alpha value is -4.97. The first-order chi connectivity index (χ1) is 23.0. The summed E-state index contributed by atoms with van der Waals surface area (Å²) in [5.41, 5.74) is 12.6. The fourth-order valence-corrected chi connectivity index (χ4v) is 4.37. The standard InChI is InChI=1S/C33H40F2N6O.2C2H6.C2H2/c1-8-21(4)29(33(42)40-22(5)25-13-14-27(34)28(35)17-25)32(38-18-20(2)3)39-19-23-9-11-24(12-10-23)26-15-16-41(7)30(26)31(36)37-6;3*1-2/h9-18,22H,8,19H2,1-7H3,(H2,36,37)(H,38,39)(H,40,42);2*1-2H3;1-2H/b29-21-;;;. The van der Waals surface area contributed by atoms with Crippen molar-refractivity contribution in [3.8, 4) is 24.0 Å². The number of allylic oxidation sites excluding steroid dienone is 2. The van der Waals surface area contributed by atoms with E-state index in [0.29, 0.717) is 35.8 Å². The molecular weight excluding hydrogens is 606 g/mol. The molecule has 0 aliphatic rings. The van der Waals surface area contributed by atoms with Gasteiger partial charge in [-0.1, -0.05) is 76.1 Å². The van der Waals surface area contributed by atoms with E-state index in [1.807, 2.05) is 104 Å². The highest BCUT2D eigenvalue weighted by atomic mass is 19.2. The second kappa shape index (κ2) is 22.5. The number of nitrogens with one attached hydrogen (secondary N) is 2. The van der Waals surface area contributed by atoms with Gasteiger partial charge in [-0.05, 0) is 69.0 Å². The van der Waals surface area contributed by atoms with Gasteiger partial charge in [0.1, 0.15) is 11.7 Å². The maximum atomic E-state index is 13.8. The Balaban J connectivity index is 0.00000348. The van der Waals surface area contributed by atoms with E-state index in [1.165, 1.54) is 6.07 Å². The summed E-state index contributed by atoms with van der Waals surface area (Å²) in [6.45, 7) is 17.8. The largest absolute Gasteiger partial charge is 0.382 e. The van der Waals surface area contributed by atoms with Gasteiger partial charge in [0.05, 0.1) is 23.9 Å². The number of hydrogen-bond donors (Lipinski definition) is 3. The third-order valence-electron chi connectivity index (χ3n) is 6.95. The van der Waals surface area contributed by atoms with Crippen molar-refractivity contribution in [1.29, 1.82) is 0 Å². The van der Waals surface area contributed by atoms with E-state index in [1.54, 1.807) is 20.2 Å². The number of nitrogens with zero attached hydrogens (tertiary/aromatic N) is 3. The second-order valence-electron chi connectivity index (χ2n) is 10.4. The van der Waals surface area contributed by atoms with Crippen LogP contribution >= 0.6 is 0 Å². The molecule has 0 bridgehead atoms. The minimum Gasteiger partial charge on any atom is -0.382 e. The Morgan fingerprint density at radius 2 is 1.60 bits per heavy atom. The highest BCUT2D eigenvalue weighted by Gasteiger charge is 2.21. The molecule has 1 amide bonds. The van der Waals surface area contributed by atoms with Gasteiger partial charge in [0, 0.05) is 32.1 Å². The number of hydrogen-bond acceptors (Lipinski definition) is 3. The molecule has 0 aliphatic carbocycles. The molecule has 0 radical (unpaired) electrons. The van der Waals surface area contributed by atoms with Crippen molar-refractivity contribution in [3.63, 3.8) is 0 Å². The van der Waals surface area contributed by atoms with Crippen LogP contribution in [0.2, 0.25) is 0 Å². The van der Waals surface area contributed by atoms with Crippen molar-refractivity contribution in [1.82, 2.24) is 15.2 Å². The summed E-state index contributed by atoms with van der Waals surface area (Å²) in [5.74, 6) is -1.37. The smallest absolute Gasteiger partial charge is 0.255 e. The summed E-state index contributed by atoms with van der Waals surface area (Å²) in [4.78, 5) is 22.6. The molecule has 1 atom stereocenters. The molecule has 4 N–H and O–H groups in total. The summed E-state index contributed by atoms with van der Waals surface area (Å²) in [6.07, 6.45) is 12.4. The van der Waals surface area contributed by atoms with Gasteiger partial charge in [-0.2, -0.15) is 0 Å². The number of carbonyl (C=O) groups is 1. The predicted octanol–water partition coefficient (Wildman–Crippen LogP) is 8.62. The molecular formula is C39H54F2N6O. The average Bonchev–Trinajstić information content (AvgIpc) is 3.50. The minimum absolute atomic E-state index is 0.325. The number of aryl methyl sites for hydroxylation is 1. The second-order valence-corrected chi connectivity index (χ2v) is 10.4. The third kappa shape index (κ3) is 12.3. The number of halogens is 2. The highest BCUT2D eigenvalue weighted by molar-refractivity contribution is 6.21. The Kier molecular flexibility index (Phi) is 20.2. The fraction of sp³-hybridized carbons (Fsp3) is 0.359. The van der Waals surface area contributed by atoms with E-state index >= 15 is 0 Å². The molecule has 260 valence electrons. The van der Waals surface area contributed by atoms with Crippen LogP contribution in [0, 0.1) is 24.5 Å². The summed E-state index contributed by atoms with van der Waals surface area (Å²) in [7, 11) is 3.60. The van der Waals surface area contributed by atoms with E-state index in [4.69, 9.17) is 10.7 Å². The van der Waals surface area contributed by atoms with Crippen LogP contribution < -0.4 is 16.4 Å². The number of aliphatic imine (C=N–C) groups is 2. The lowest BCUT2D eigenvalue weighted by Gasteiger charge is -2.19. The molecule has 0 saturated carbocycles. The summed E-state index contributed by atoms with van der Waals surface area (Å²) < 4.78 is 29.2. The zero-order chi connectivity index (χ0) is 37.0. The van der Waals surface area contributed by atoms with Gasteiger partial charge >= 0.3 is 0 Å². The number of aromatic nitrogens is 1. The van der Waals surface area contributed by atoms with Gasteiger partial charge in [-0.15, -0.1) is 12.8 Å². The van der Waals surface area contributed by atoms with E-state index < -0.39 is 17.7 Å². The van der Waals surface area contributed by atoms with Crippen LogP contribution in [0.1, 0.15) is 91.6 Å². The number of carbonyl (C=O) groups excluding carboxylic acids is 1. The van der Waals surface area contributed by atoms with Crippen LogP contribution in [0.15, 0.2) is 87.6 Å². The normalized spacial score (nSPS) is 12.0. The molecule has 7 nitrogen and oxygen atoms in total. The Morgan fingerprint density at radius 1 is 1.00 bits per heavy atom. The summed E-state index contributed by atoms with van der Waals surface area (Å²) in [6, 6.07) is 13.1. The molecule has 3 rings (SSSR count). The highest BCUT2D eigenvalue weighted by Crippen LogP contribution is 2.25. The first-order valence-electron chi connectivity index (χ1n) is 16.2. The van der Waals surface area contributed by atoms with Crippen molar-refractivity contribution in [2.45, 2.75) is 81.3 Å². The molecule has 0 saturated heterocycles. The van der Waals surface area contributed by atoms with Crippen LogP contribution in [0.25, 0.3) is 11.1 Å². The molecule has 3 aromatic rings. The average molecular weight is 661 g/mol. The molecule has 1 unspecified atom stereocenters. The number of benzene rings is 2. The van der Waals surface area contributed by atoms with Crippen LogP contribution in [-0.2, 0) is 18.4 Å². The van der Waals surface area contributed by atoms with E-state index in [9.17, 15) is 13.6 Å². The molecule has 1 heterocycles. The van der Waals surface area contributed by atoms with Crippen LogP contribution in [0.3, 0.4) is 0 Å². The molecule has 0 spiro atoms. The number of terminal acetylenes is 1. The zero-order valence-electron chi connectivity index (χ0n) is 30.5. The maximum absolute atomic E-state index is 13.8.